The van der Waals surface area contributed by atoms with Crippen molar-refractivity contribution < 1.29 is 14.6 Å². The van der Waals surface area contributed by atoms with Crippen LogP contribution in [0.5, 0.6) is 5.75 Å². The van der Waals surface area contributed by atoms with Gasteiger partial charge in [-0.1, -0.05) is 12.1 Å². The van der Waals surface area contributed by atoms with Crippen LogP contribution in [0.25, 0.3) is 0 Å². The van der Waals surface area contributed by atoms with Gasteiger partial charge in [-0.25, -0.2) is 0 Å². The largest absolute Gasteiger partial charge is 0.495 e. The standard InChI is InChI=1S/C16H23N3O3.2ClH/c1-22-15-5-3-2-4-14(15)18-6-8-19(9-7-18)16(21)13-10-12(20)11-17-13;;/h2-5,12-13,17,20H,6-11H2,1H3;2*1H. The van der Waals surface area contributed by atoms with Crippen LogP contribution in [0.1, 0.15) is 6.42 Å². The molecule has 24 heavy (non-hydrogen) atoms. The number of β-amino-alcohol motifs (C(OH)–C–C–N with tert-alkyl or cyclic N) is 1. The number of benzene rings is 1. The Morgan fingerprint density at radius 2 is 1.88 bits per heavy atom. The Balaban J connectivity index is 0.00000144. The van der Waals surface area contributed by atoms with Crippen LogP contribution in [-0.4, -0.2) is 67.9 Å². The summed E-state index contributed by atoms with van der Waals surface area (Å²) in [5, 5.41) is 12.6. The zero-order valence-corrected chi connectivity index (χ0v) is 15.3. The molecule has 2 aliphatic heterocycles. The van der Waals surface area contributed by atoms with E-state index < -0.39 is 6.10 Å². The predicted molar refractivity (Wildman–Crippen MR) is 98.7 cm³/mol. The summed E-state index contributed by atoms with van der Waals surface area (Å²) in [4.78, 5) is 16.6. The van der Waals surface area contributed by atoms with Crippen LogP contribution in [-0.2, 0) is 4.79 Å². The van der Waals surface area contributed by atoms with Crippen molar-refractivity contribution in [2.75, 3.05) is 44.7 Å². The van der Waals surface area contributed by atoms with E-state index in [1.807, 2.05) is 29.2 Å². The number of ether oxygens (including phenoxy) is 1. The summed E-state index contributed by atoms with van der Waals surface area (Å²) in [6.07, 6.45) is 0.120. The van der Waals surface area contributed by atoms with Crippen molar-refractivity contribution in [1.29, 1.82) is 0 Å². The first-order valence-electron chi connectivity index (χ1n) is 7.77. The zero-order valence-electron chi connectivity index (χ0n) is 13.7. The van der Waals surface area contributed by atoms with Gasteiger partial charge in [0.05, 0.1) is 24.9 Å². The average molecular weight is 378 g/mol. The third-order valence-electron chi connectivity index (χ3n) is 4.42. The Hall–Kier alpha value is -1.21. The monoisotopic (exact) mass is 377 g/mol. The Bertz CT molecular complexity index is 539. The number of carbonyl (C=O) groups excluding carboxylic acids is 1. The number of nitrogens with zero attached hydrogens (tertiary/aromatic N) is 2. The molecule has 3 rings (SSSR count). The summed E-state index contributed by atoms with van der Waals surface area (Å²) in [5.74, 6) is 0.971. The van der Waals surface area contributed by atoms with Gasteiger partial charge in [0.25, 0.3) is 0 Å². The highest BCUT2D eigenvalue weighted by molar-refractivity contribution is 5.85. The van der Waals surface area contributed by atoms with Gasteiger partial charge in [-0.3, -0.25) is 4.79 Å². The minimum atomic E-state index is -0.399. The number of hydrogen-bond acceptors (Lipinski definition) is 5. The van der Waals surface area contributed by atoms with Crippen LogP contribution in [0.15, 0.2) is 24.3 Å². The van der Waals surface area contributed by atoms with Crippen LogP contribution in [0.2, 0.25) is 0 Å². The molecular weight excluding hydrogens is 353 g/mol. The molecule has 2 saturated heterocycles. The fourth-order valence-electron chi connectivity index (χ4n) is 3.18. The molecule has 1 aromatic rings. The summed E-state index contributed by atoms with van der Waals surface area (Å²) in [6, 6.07) is 7.73. The number of aliphatic hydroxyl groups is 1. The second kappa shape index (κ2) is 9.32. The second-order valence-corrected chi connectivity index (χ2v) is 5.83. The molecular formula is C16H25Cl2N3O3. The number of para-hydroxylation sites is 2. The van der Waals surface area contributed by atoms with E-state index in [0.29, 0.717) is 26.1 Å². The molecule has 1 aromatic carbocycles. The summed E-state index contributed by atoms with van der Waals surface area (Å²) in [5.41, 5.74) is 1.08. The Kier molecular flexibility index (Phi) is 8.09. The number of carbonyl (C=O) groups is 1. The number of anilines is 1. The molecule has 0 aromatic heterocycles. The third-order valence-corrected chi connectivity index (χ3v) is 4.42. The van der Waals surface area contributed by atoms with Gasteiger partial charge in [0.15, 0.2) is 0 Å². The lowest BCUT2D eigenvalue weighted by atomic mass is 10.1. The number of methoxy groups -OCH3 is 1. The Morgan fingerprint density at radius 1 is 1.21 bits per heavy atom. The molecule has 136 valence electrons. The normalized spacial score (nSPS) is 23.2. The van der Waals surface area contributed by atoms with Crippen LogP contribution in [0.4, 0.5) is 5.69 Å². The van der Waals surface area contributed by atoms with E-state index in [2.05, 4.69) is 10.2 Å². The molecule has 2 aliphatic rings. The number of amides is 1. The molecule has 0 saturated carbocycles. The van der Waals surface area contributed by atoms with Crippen LogP contribution in [0.3, 0.4) is 0 Å². The first kappa shape index (κ1) is 20.8. The first-order valence-corrected chi connectivity index (χ1v) is 7.77. The number of piperazine rings is 1. The molecule has 0 radical (unpaired) electrons. The van der Waals surface area contributed by atoms with E-state index in [1.165, 1.54) is 0 Å². The SMILES string of the molecule is COc1ccccc1N1CCN(C(=O)C2CC(O)CN2)CC1.Cl.Cl. The van der Waals surface area contributed by atoms with Crippen molar-refractivity contribution in [3.63, 3.8) is 0 Å². The van der Waals surface area contributed by atoms with E-state index >= 15 is 0 Å². The lowest BCUT2D eigenvalue weighted by Crippen LogP contribution is -2.53. The molecule has 0 aliphatic carbocycles. The minimum absolute atomic E-state index is 0. The van der Waals surface area contributed by atoms with Crippen LogP contribution >= 0.6 is 24.8 Å². The number of aliphatic hydroxyl groups excluding tert-OH is 1. The van der Waals surface area contributed by atoms with Crippen molar-refractivity contribution in [2.45, 2.75) is 18.6 Å². The van der Waals surface area contributed by atoms with Gasteiger partial charge in [0, 0.05) is 32.7 Å². The lowest BCUT2D eigenvalue weighted by Gasteiger charge is -2.37. The Morgan fingerprint density at radius 3 is 2.46 bits per heavy atom. The van der Waals surface area contributed by atoms with Crippen molar-refractivity contribution in [3.05, 3.63) is 24.3 Å². The van der Waals surface area contributed by atoms with E-state index in [1.54, 1.807) is 7.11 Å². The lowest BCUT2D eigenvalue weighted by molar-refractivity contribution is -0.133. The Labute approximate surface area is 155 Å². The van der Waals surface area contributed by atoms with Gasteiger partial charge in [-0.15, -0.1) is 24.8 Å². The highest BCUT2D eigenvalue weighted by atomic mass is 35.5. The zero-order chi connectivity index (χ0) is 15.5. The molecule has 2 heterocycles. The van der Waals surface area contributed by atoms with E-state index in [9.17, 15) is 9.90 Å². The van der Waals surface area contributed by atoms with Crippen molar-refractivity contribution in [2.24, 2.45) is 0 Å². The predicted octanol–water partition coefficient (Wildman–Crippen LogP) is 0.910. The third kappa shape index (κ3) is 4.45. The van der Waals surface area contributed by atoms with Gasteiger partial charge >= 0.3 is 0 Å². The molecule has 2 unspecified atom stereocenters. The first-order chi connectivity index (χ1) is 10.7. The minimum Gasteiger partial charge on any atom is -0.495 e. The summed E-state index contributed by atoms with van der Waals surface area (Å²) in [7, 11) is 1.68. The van der Waals surface area contributed by atoms with Crippen LogP contribution < -0.4 is 15.0 Å². The van der Waals surface area contributed by atoms with Gasteiger partial charge in [-0.2, -0.15) is 0 Å². The molecule has 6 nitrogen and oxygen atoms in total. The van der Waals surface area contributed by atoms with Crippen molar-refractivity contribution in [3.8, 4) is 5.75 Å². The van der Waals surface area contributed by atoms with E-state index in [0.717, 1.165) is 24.5 Å². The van der Waals surface area contributed by atoms with Gasteiger partial charge in [-0.05, 0) is 18.6 Å². The number of hydrogen-bond donors (Lipinski definition) is 2. The van der Waals surface area contributed by atoms with Gasteiger partial charge in [0.2, 0.25) is 5.91 Å². The summed E-state index contributed by atoms with van der Waals surface area (Å²) in [6.45, 7) is 3.50. The smallest absolute Gasteiger partial charge is 0.239 e. The number of rotatable bonds is 3. The van der Waals surface area contributed by atoms with Gasteiger partial charge in [0.1, 0.15) is 5.75 Å². The maximum atomic E-state index is 12.4. The van der Waals surface area contributed by atoms with Crippen molar-refractivity contribution in [1.82, 2.24) is 10.2 Å². The molecule has 2 N–H and O–H groups in total. The van der Waals surface area contributed by atoms with Gasteiger partial charge < -0.3 is 25.0 Å². The summed E-state index contributed by atoms with van der Waals surface area (Å²) >= 11 is 0. The van der Waals surface area contributed by atoms with Crippen molar-refractivity contribution >= 4 is 36.4 Å². The average Bonchev–Trinajstić information content (AvgIpc) is 3.01. The highest BCUT2D eigenvalue weighted by Crippen LogP contribution is 2.28. The maximum Gasteiger partial charge on any atom is 0.239 e. The summed E-state index contributed by atoms with van der Waals surface area (Å²) < 4.78 is 5.41. The molecule has 1 amide bonds. The molecule has 0 spiro atoms. The fraction of sp³-hybridized carbons (Fsp3) is 0.562. The highest BCUT2D eigenvalue weighted by Gasteiger charge is 2.32. The number of nitrogens with one attached hydrogen (secondary N) is 1. The van der Waals surface area contributed by atoms with E-state index in [-0.39, 0.29) is 36.8 Å². The molecule has 8 heteroatoms. The quantitative estimate of drug-likeness (QED) is 0.819. The molecule has 2 atom stereocenters. The van der Waals surface area contributed by atoms with Crippen LogP contribution in [0, 0.1) is 0 Å². The second-order valence-electron chi connectivity index (χ2n) is 5.83. The van der Waals surface area contributed by atoms with E-state index in [4.69, 9.17) is 4.74 Å². The maximum absolute atomic E-state index is 12.4. The fourth-order valence-corrected chi connectivity index (χ4v) is 3.18. The number of halogens is 2. The topological polar surface area (TPSA) is 65.0 Å². The molecule has 2 fully saturated rings. The molecule has 0 bridgehead atoms.